The van der Waals surface area contributed by atoms with Crippen molar-refractivity contribution < 1.29 is 4.79 Å². The third kappa shape index (κ3) is 1.95. The number of Topliss-reactive ketones (excluding diaryl/α,β-unsaturated/α-hetero) is 1. The van der Waals surface area contributed by atoms with Gasteiger partial charge in [-0.2, -0.15) is 0 Å². The highest BCUT2D eigenvalue weighted by atomic mass is 35.5. The predicted molar refractivity (Wildman–Crippen MR) is 74.3 cm³/mol. The van der Waals surface area contributed by atoms with Crippen LogP contribution in [-0.4, -0.2) is 5.78 Å². The van der Waals surface area contributed by atoms with Gasteiger partial charge in [0.05, 0.1) is 0 Å². The Kier molecular flexibility index (Phi) is 2.92. The number of hydrogen-bond donors (Lipinski definition) is 0. The smallest absolute Gasteiger partial charge is 0.166 e. The Morgan fingerprint density at radius 2 is 2.00 bits per heavy atom. The van der Waals surface area contributed by atoms with Crippen molar-refractivity contribution in [2.75, 3.05) is 0 Å². The predicted octanol–water partition coefficient (Wildman–Crippen LogP) is 4.15. The van der Waals surface area contributed by atoms with Gasteiger partial charge in [0, 0.05) is 23.4 Å². The Bertz CT molecular complexity index is 595. The van der Waals surface area contributed by atoms with Crippen LogP contribution in [0.2, 0.25) is 0 Å². The van der Waals surface area contributed by atoms with E-state index >= 15 is 0 Å². The average Bonchev–Trinajstić information content (AvgIpc) is 2.38. The summed E-state index contributed by atoms with van der Waals surface area (Å²) in [4.78, 5) is 12.1. The van der Waals surface area contributed by atoms with Crippen molar-refractivity contribution in [2.45, 2.75) is 19.3 Å². The van der Waals surface area contributed by atoms with Gasteiger partial charge >= 0.3 is 0 Å². The van der Waals surface area contributed by atoms with E-state index in [0.717, 1.165) is 40.2 Å². The molecule has 0 aromatic carbocycles. The van der Waals surface area contributed by atoms with Gasteiger partial charge in [0.2, 0.25) is 0 Å². The third-order valence-electron chi connectivity index (χ3n) is 3.41. The molecular weight excluding hydrogens is 244 g/mol. The maximum Gasteiger partial charge on any atom is 0.166 e. The molecule has 0 radical (unpaired) electrons. The molecule has 0 fully saturated rings. The highest BCUT2D eigenvalue weighted by Crippen LogP contribution is 2.34. The summed E-state index contributed by atoms with van der Waals surface area (Å²) in [6.07, 6.45) is 16.1. The zero-order valence-electron chi connectivity index (χ0n) is 9.95. The molecule has 0 saturated heterocycles. The summed E-state index contributed by atoms with van der Waals surface area (Å²) < 4.78 is 0. The number of ketones is 1. The summed E-state index contributed by atoms with van der Waals surface area (Å²) in [6.45, 7) is 0. The molecule has 3 rings (SSSR count). The van der Waals surface area contributed by atoms with Crippen LogP contribution >= 0.6 is 11.6 Å². The van der Waals surface area contributed by atoms with Gasteiger partial charge < -0.3 is 0 Å². The van der Waals surface area contributed by atoms with Crippen LogP contribution in [0.3, 0.4) is 0 Å². The number of carbonyl (C=O) groups excluding carboxylic acids is 1. The first-order valence-electron chi connectivity index (χ1n) is 6.12. The molecule has 3 aliphatic rings. The molecule has 18 heavy (non-hydrogen) atoms. The molecule has 0 N–H and O–H groups in total. The minimum Gasteiger partial charge on any atom is -0.294 e. The Morgan fingerprint density at radius 1 is 1.11 bits per heavy atom. The molecule has 0 bridgehead atoms. The fraction of sp³-hybridized carbons (Fsp3) is 0.188. The second-order valence-corrected chi connectivity index (χ2v) is 5.05. The first kappa shape index (κ1) is 11.5. The molecule has 0 aromatic rings. The fourth-order valence-electron chi connectivity index (χ4n) is 2.46. The fourth-order valence-corrected chi connectivity index (χ4v) is 2.71. The largest absolute Gasteiger partial charge is 0.294 e. The quantitative estimate of drug-likeness (QED) is 0.636. The lowest BCUT2D eigenvalue weighted by Crippen LogP contribution is -2.09. The van der Waals surface area contributed by atoms with Crippen molar-refractivity contribution in [2.24, 2.45) is 0 Å². The van der Waals surface area contributed by atoms with E-state index in [1.54, 1.807) is 0 Å². The number of fused-ring (bicyclic) bond motifs is 2. The lowest BCUT2D eigenvalue weighted by atomic mass is 9.86. The molecule has 0 heterocycles. The van der Waals surface area contributed by atoms with Gasteiger partial charge in [0.1, 0.15) is 0 Å². The Morgan fingerprint density at radius 3 is 2.89 bits per heavy atom. The van der Waals surface area contributed by atoms with Crippen molar-refractivity contribution in [3.05, 3.63) is 69.9 Å². The zero-order valence-corrected chi connectivity index (χ0v) is 10.7. The van der Waals surface area contributed by atoms with Gasteiger partial charge in [-0.3, -0.25) is 4.79 Å². The second kappa shape index (κ2) is 4.58. The summed E-state index contributed by atoms with van der Waals surface area (Å²) in [6, 6.07) is 0. The Balaban J connectivity index is 2.14. The van der Waals surface area contributed by atoms with Gasteiger partial charge in [0.25, 0.3) is 0 Å². The minimum atomic E-state index is 0.187. The number of carbonyl (C=O) groups is 1. The molecule has 0 saturated carbocycles. The minimum absolute atomic E-state index is 0.187. The van der Waals surface area contributed by atoms with E-state index in [9.17, 15) is 4.79 Å². The first-order valence-corrected chi connectivity index (χ1v) is 6.50. The molecule has 0 aromatic heterocycles. The molecule has 3 aliphatic carbocycles. The first-order chi connectivity index (χ1) is 8.75. The van der Waals surface area contributed by atoms with E-state index in [2.05, 4.69) is 18.2 Å². The summed E-state index contributed by atoms with van der Waals surface area (Å²) in [5.74, 6) is 0.187. The maximum atomic E-state index is 12.1. The molecule has 0 aliphatic heterocycles. The molecule has 0 atom stereocenters. The standard InChI is InChI=1S/C16H13ClO/c17-15-7-3-5-11-8-9-16(18)13-6-2-1-4-12(13)10-14(11)15/h1-3,5-6,8,10H,4,7,9H2/b11-8-,12-10-. The van der Waals surface area contributed by atoms with Crippen LogP contribution in [-0.2, 0) is 4.79 Å². The molecule has 0 spiro atoms. The monoisotopic (exact) mass is 256 g/mol. The van der Waals surface area contributed by atoms with E-state index in [0.29, 0.717) is 6.42 Å². The SMILES string of the molecule is O=C1C/C=C2/C=CCC(Cl)=C2/C=C2/CC=CC=C12. The van der Waals surface area contributed by atoms with E-state index in [4.69, 9.17) is 11.6 Å². The topological polar surface area (TPSA) is 17.1 Å². The average molecular weight is 257 g/mol. The Hall–Kier alpha value is -1.60. The van der Waals surface area contributed by atoms with Crippen molar-refractivity contribution in [3.63, 3.8) is 0 Å². The van der Waals surface area contributed by atoms with Crippen LogP contribution in [0.25, 0.3) is 0 Å². The summed E-state index contributed by atoms with van der Waals surface area (Å²) in [5, 5.41) is 0.861. The highest BCUT2D eigenvalue weighted by Gasteiger charge is 2.20. The van der Waals surface area contributed by atoms with Crippen molar-refractivity contribution in [1.29, 1.82) is 0 Å². The number of rotatable bonds is 0. The molecule has 0 amide bonds. The van der Waals surface area contributed by atoms with Gasteiger partial charge in [0.15, 0.2) is 5.78 Å². The van der Waals surface area contributed by atoms with Crippen LogP contribution in [0.4, 0.5) is 0 Å². The van der Waals surface area contributed by atoms with E-state index in [1.807, 2.05) is 24.3 Å². The highest BCUT2D eigenvalue weighted by molar-refractivity contribution is 6.30. The van der Waals surface area contributed by atoms with Crippen molar-refractivity contribution >= 4 is 17.4 Å². The van der Waals surface area contributed by atoms with E-state index in [1.165, 1.54) is 0 Å². The van der Waals surface area contributed by atoms with Crippen LogP contribution in [0.1, 0.15) is 19.3 Å². The molecule has 0 unspecified atom stereocenters. The number of halogens is 1. The normalized spacial score (nSPS) is 28.3. The Labute approximate surface area is 112 Å². The van der Waals surface area contributed by atoms with E-state index < -0.39 is 0 Å². The van der Waals surface area contributed by atoms with Gasteiger partial charge in [-0.1, -0.05) is 48.1 Å². The van der Waals surface area contributed by atoms with Crippen LogP contribution in [0.5, 0.6) is 0 Å². The van der Waals surface area contributed by atoms with Gasteiger partial charge in [-0.25, -0.2) is 0 Å². The lowest BCUT2D eigenvalue weighted by Gasteiger charge is -2.19. The summed E-state index contributed by atoms with van der Waals surface area (Å²) in [5.41, 5.74) is 4.06. The van der Waals surface area contributed by atoms with Crippen LogP contribution in [0.15, 0.2) is 69.9 Å². The molecule has 90 valence electrons. The number of hydrogen-bond acceptors (Lipinski definition) is 1. The summed E-state index contributed by atoms with van der Waals surface area (Å²) >= 11 is 6.30. The molecule has 1 nitrogen and oxygen atoms in total. The van der Waals surface area contributed by atoms with E-state index in [-0.39, 0.29) is 5.78 Å². The van der Waals surface area contributed by atoms with Crippen molar-refractivity contribution in [3.8, 4) is 0 Å². The van der Waals surface area contributed by atoms with Crippen LogP contribution < -0.4 is 0 Å². The molecular formula is C16H13ClO. The summed E-state index contributed by atoms with van der Waals surface area (Å²) in [7, 11) is 0. The van der Waals surface area contributed by atoms with Gasteiger partial charge in [-0.15, -0.1) is 0 Å². The zero-order chi connectivity index (χ0) is 12.5. The third-order valence-corrected chi connectivity index (χ3v) is 3.76. The van der Waals surface area contributed by atoms with Gasteiger partial charge in [-0.05, 0) is 29.2 Å². The van der Waals surface area contributed by atoms with Crippen molar-refractivity contribution in [1.82, 2.24) is 0 Å². The second-order valence-electron chi connectivity index (χ2n) is 4.59. The maximum absolute atomic E-state index is 12.1. The lowest BCUT2D eigenvalue weighted by molar-refractivity contribution is -0.114. The number of allylic oxidation sites excluding steroid dienone is 12. The van der Waals surface area contributed by atoms with Crippen LogP contribution in [0, 0.1) is 0 Å². The molecule has 2 heteroatoms.